The maximum absolute atomic E-state index is 15.8. The number of nitrogens with one attached hydrogen (secondary N) is 2. The van der Waals surface area contributed by atoms with Gasteiger partial charge in [0.2, 0.25) is 10.0 Å². The second kappa shape index (κ2) is 8.49. The third-order valence-electron chi connectivity index (χ3n) is 4.87. The van der Waals surface area contributed by atoms with Crippen molar-refractivity contribution in [3.8, 4) is 22.6 Å². The number of halogens is 2. The van der Waals surface area contributed by atoms with Crippen molar-refractivity contribution in [1.82, 2.24) is 9.55 Å². The molecule has 0 bridgehead atoms. The molecule has 33 heavy (non-hydrogen) atoms. The summed E-state index contributed by atoms with van der Waals surface area (Å²) in [5, 5.41) is 1.47. The van der Waals surface area contributed by atoms with Crippen LogP contribution < -0.4 is 20.7 Å². The number of fused-ring (bicyclic) bond motifs is 1. The van der Waals surface area contributed by atoms with Gasteiger partial charge in [0.1, 0.15) is 5.75 Å². The highest BCUT2D eigenvalue weighted by molar-refractivity contribution is 9.10. The van der Waals surface area contributed by atoms with Crippen LogP contribution in [0.25, 0.3) is 27.6 Å². The summed E-state index contributed by atoms with van der Waals surface area (Å²) in [6.07, 6.45) is 2.26. The van der Waals surface area contributed by atoms with Crippen LogP contribution in [0, 0.1) is 5.82 Å². The second-order valence-corrected chi connectivity index (χ2v) is 9.83. The lowest BCUT2D eigenvalue weighted by Gasteiger charge is -2.17. The predicted octanol–water partition coefficient (Wildman–Crippen LogP) is 3.63. The molecule has 8 nitrogen and oxygen atoms in total. The van der Waals surface area contributed by atoms with Crippen molar-refractivity contribution < 1.29 is 17.5 Å². The Morgan fingerprint density at radius 2 is 1.76 bits per heavy atom. The van der Waals surface area contributed by atoms with Crippen LogP contribution >= 0.6 is 15.9 Å². The Kier molecular flexibility index (Phi) is 5.85. The van der Waals surface area contributed by atoms with Crippen LogP contribution in [0.2, 0.25) is 0 Å². The zero-order chi connectivity index (χ0) is 23.9. The summed E-state index contributed by atoms with van der Waals surface area (Å²) in [5.41, 5.74) is -0.464. The van der Waals surface area contributed by atoms with Crippen LogP contribution in [0.4, 0.5) is 10.1 Å². The van der Waals surface area contributed by atoms with Crippen LogP contribution in [0.5, 0.6) is 5.75 Å². The number of aromatic nitrogens is 2. The number of aromatic amines is 1. The molecule has 170 valence electrons. The predicted molar refractivity (Wildman–Crippen MR) is 128 cm³/mol. The van der Waals surface area contributed by atoms with E-state index in [1.165, 1.54) is 19.4 Å². The molecule has 4 aromatic rings. The van der Waals surface area contributed by atoms with Crippen LogP contribution in [-0.4, -0.2) is 31.3 Å². The van der Waals surface area contributed by atoms with Crippen molar-refractivity contribution in [1.29, 1.82) is 0 Å². The second-order valence-electron chi connectivity index (χ2n) is 7.23. The topological polar surface area (TPSA) is 110 Å². The van der Waals surface area contributed by atoms with Crippen molar-refractivity contribution in [2.45, 2.75) is 0 Å². The summed E-state index contributed by atoms with van der Waals surface area (Å²) in [5.74, 6) is -0.498. The molecule has 0 radical (unpaired) electrons. The molecule has 0 unspecified atom stereocenters. The van der Waals surface area contributed by atoms with E-state index in [4.69, 9.17) is 4.74 Å². The van der Waals surface area contributed by atoms with Crippen LogP contribution in [-0.2, 0) is 10.0 Å². The number of ether oxygens (including phenoxy) is 1. The third kappa shape index (κ3) is 4.55. The molecule has 0 atom stereocenters. The van der Waals surface area contributed by atoms with Gasteiger partial charge in [0.05, 0.1) is 29.1 Å². The molecule has 1 heterocycles. The van der Waals surface area contributed by atoms with E-state index >= 15 is 4.39 Å². The fraction of sp³-hybridized carbons (Fsp3) is 0.0909. The summed E-state index contributed by atoms with van der Waals surface area (Å²) < 4.78 is 48.0. The van der Waals surface area contributed by atoms with Gasteiger partial charge in [0, 0.05) is 18.0 Å². The van der Waals surface area contributed by atoms with Crippen molar-refractivity contribution >= 4 is 42.4 Å². The van der Waals surface area contributed by atoms with Crippen LogP contribution in [0.15, 0.2) is 68.8 Å². The van der Waals surface area contributed by atoms with Crippen molar-refractivity contribution in [2.75, 3.05) is 18.1 Å². The molecule has 11 heteroatoms. The van der Waals surface area contributed by atoms with E-state index < -0.39 is 27.1 Å². The number of nitrogens with zero attached hydrogens (tertiary/aromatic N) is 1. The number of sulfonamides is 1. The van der Waals surface area contributed by atoms with E-state index in [-0.39, 0.29) is 17.0 Å². The maximum Gasteiger partial charge on any atom is 0.333 e. The van der Waals surface area contributed by atoms with Gasteiger partial charge in [0.25, 0.3) is 5.56 Å². The lowest BCUT2D eigenvalue weighted by molar-refractivity contribution is 0.410. The monoisotopic (exact) mass is 533 g/mol. The molecular formula is C22H17BrFN3O5S. The first kappa shape index (κ1) is 22.7. The number of rotatable bonds is 5. The Morgan fingerprint density at radius 3 is 2.42 bits per heavy atom. The molecule has 0 aliphatic carbocycles. The fourth-order valence-corrected chi connectivity index (χ4v) is 4.65. The summed E-state index contributed by atoms with van der Waals surface area (Å²) in [4.78, 5) is 25.8. The van der Waals surface area contributed by atoms with Gasteiger partial charge in [-0.25, -0.2) is 17.6 Å². The molecule has 0 spiro atoms. The first-order valence-electron chi connectivity index (χ1n) is 9.48. The van der Waals surface area contributed by atoms with Gasteiger partial charge in [-0.1, -0.05) is 18.2 Å². The Morgan fingerprint density at radius 1 is 1.06 bits per heavy atom. The number of hydrogen-bond acceptors (Lipinski definition) is 5. The van der Waals surface area contributed by atoms with E-state index in [2.05, 4.69) is 25.6 Å². The standard InChI is InChI=1S/C22H17BrFN3O5S/c1-32-21-16(23)11-17(27-8-7-18(28)25-22(27)29)20(24)19(21)14-4-3-13-10-15(26-33(2,30)31)6-5-12(13)9-14/h3-11,26H,1-2H3,(H,25,28,29). The Labute approximate surface area is 195 Å². The van der Waals surface area contributed by atoms with Gasteiger partial charge < -0.3 is 4.74 Å². The van der Waals surface area contributed by atoms with Gasteiger partial charge in [-0.2, -0.15) is 0 Å². The quantitative estimate of drug-likeness (QED) is 0.407. The molecule has 0 amide bonds. The summed E-state index contributed by atoms with van der Waals surface area (Å²) in [7, 11) is -2.02. The summed E-state index contributed by atoms with van der Waals surface area (Å²) in [6, 6.07) is 12.6. The average molecular weight is 534 g/mol. The minimum Gasteiger partial charge on any atom is -0.495 e. The zero-order valence-corrected chi connectivity index (χ0v) is 19.8. The molecule has 0 fully saturated rings. The fourth-order valence-electron chi connectivity index (χ4n) is 3.51. The maximum atomic E-state index is 15.8. The smallest absolute Gasteiger partial charge is 0.333 e. The lowest BCUT2D eigenvalue weighted by atomic mass is 9.99. The summed E-state index contributed by atoms with van der Waals surface area (Å²) in [6.45, 7) is 0. The highest BCUT2D eigenvalue weighted by Crippen LogP contribution is 2.42. The lowest BCUT2D eigenvalue weighted by Crippen LogP contribution is -2.28. The van der Waals surface area contributed by atoms with Crippen molar-refractivity contribution in [3.63, 3.8) is 0 Å². The van der Waals surface area contributed by atoms with Crippen LogP contribution in [0.3, 0.4) is 0 Å². The Bertz CT molecular complexity index is 1630. The molecule has 1 aromatic heterocycles. The van der Waals surface area contributed by atoms with E-state index in [0.29, 0.717) is 15.7 Å². The zero-order valence-electron chi connectivity index (χ0n) is 17.3. The molecule has 2 N–H and O–H groups in total. The number of H-pyrrole nitrogens is 1. The molecule has 3 aromatic carbocycles. The molecule has 0 aliphatic heterocycles. The highest BCUT2D eigenvalue weighted by atomic mass is 79.9. The third-order valence-corrected chi connectivity index (χ3v) is 6.07. The normalized spacial score (nSPS) is 11.5. The number of anilines is 1. The molecular weight excluding hydrogens is 517 g/mol. The van der Waals surface area contributed by atoms with Gasteiger partial charge in [-0.3, -0.25) is 19.1 Å². The van der Waals surface area contributed by atoms with Crippen molar-refractivity contribution in [3.05, 3.63) is 85.9 Å². The number of benzene rings is 3. The molecule has 0 aliphatic rings. The van der Waals surface area contributed by atoms with Crippen molar-refractivity contribution in [2.24, 2.45) is 0 Å². The largest absolute Gasteiger partial charge is 0.495 e. The van der Waals surface area contributed by atoms with Gasteiger partial charge >= 0.3 is 5.69 Å². The first-order valence-corrected chi connectivity index (χ1v) is 12.2. The Balaban J connectivity index is 1.92. The minimum atomic E-state index is -3.43. The first-order chi connectivity index (χ1) is 15.6. The SMILES string of the molecule is COc1c(Br)cc(-n2ccc(=O)[nH]c2=O)c(F)c1-c1ccc2cc(NS(C)(=O)=O)ccc2c1. The van der Waals surface area contributed by atoms with E-state index in [0.717, 1.165) is 27.7 Å². The van der Waals surface area contributed by atoms with E-state index in [1.807, 2.05) is 0 Å². The number of hydrogen-bond donors (Lipinski definition) is 2. The van der Waals surface area contributed by atoms with Gasteiger partial charge in [-0.05, 0) is 56.5 Å². The summed E-state index contributed by atoms with van der Waals surface area (Å²) >= 11 is 3.37. The molecule has 0 saturated heterocycles. The van der Waals surface area contributed by atoms with E-state index in [1.54, 1.807) is 36.4 Å². The van der Waals surface area contributed by atoms with Gasteiger partial charge in [0.15, 0.2) is 5.82 Å². The highest BCUT2D eigenvalue weighted by Gasteiger charge is 2.22. The Hall–Kier alpha value is -3.44. The average Bonchev–Trinajstić information content (AvgIpc) is 2.73. The number of methoxy groups -OCH3 is 1. The van der Waals surface area contributed by atoms with Gasteiger partial charge in [-0.15, -0.1) is 0 Å². The van der Waals surface area contributed by atoms with Crippen LogP contribution in [0.1, 0.15) is 0 Å². The molecule has 4 rings (SSSR count). The minimum absolute atomic E-state index is 0.0771. The van der Waals surface area contributed by atoms with E-state index in [9.17, 15) is 18.0 Å². The molecule has 0 saturated carbocycles.